The predicted molar refractivity (Wildman–Crippen MR) is 105 cm³/mol. The van der Waals surface area contributed by atoms with E-state index in [0.29, 0.717) is 23.7 Å². The first-order valence-electron chi connectivity index (χ1n) is 8.60. The van der Waals surface area contributed by atoms with Gasteiger partial charge in [0.2, 0.25) is 0 Å². The van der Waals surface area contributed by atoms with Gasteiger partial charge in [0.05, 0.1) is 18.9 Å². The molecule has 0 unspecified atom stereocenters. The zero-order valence-corrected chi connectivity index (χ0v) is 15.3. The van der Waals surface area contributed by atoms with E-state index in [-0.39, 0.29) is 5.56 Å². The van der Waals surface area contributed by atoms with Gasteiger partial charge in [-0.05, 0) is 41.5 Å². The van der Waals surface area contributed by atoms with Crippen molar-refractivity contribution in [2.75, 3.05) is 7.11 Å². The monoisotopic (exact) mass is 378 g/mol. The molecule has 142 valence electrons. The molecule has 0 heterocycles. The lowest BCUT2D eigenvalue weighted by molar-refractivity contribution is 0.0951. The van der Waals surface area contributed by atoms with Crippen LogP contribution in [0.5, 0.6) is 11.5 Å². The van der Waals surface area contributed by atoms with Crippen LogP contribution in [0.15, 0.2) is 77.9 Å². The maximum absolute atomic E-state index is 13.6. The van der Waals surface area contributed by atoms with Crippen LogP contribution in [0.25, 0.3) is 0 Å². The zero-order chi connectivity index (χ0) is 19.8. The number of halogens is 1. The van der Waals surface area contributed by atoms with Crippen LogP contribution >= 0.6 is 0 Å². The predicted octanol–water partition coefficient (Wildman–Crippen LogP) is 4.18. The maximum Gasteiger partial charge on any atom is 0.274 e. The fraction of sp³-hybridized carbons (Fsp3) is 0.0909. The third kappa shape index (κ3) is 4.94. The van der Waals surface area contributed by atoms with Crippen LogP contribution in [0, 0.1) is 5.82 Å². The lowest BCUT2D eigenvalue weighted by Gasteiger charge is -2.11. The van der Waals surface area contributed by atoms with Crippen LogP contribution in [-0.4, -0.2) is 19.2 Å². The number of amides is 1. The maximum atomic E-state index is 13.6. The molecule has 28 heavy (non-hydrogen) atoms. The number of rotatable bonds is 7. The Morgan fingerprint density at radius 3 is 2.54 bits per heavy atom. The van der Waals surface area contributed by atoms with E-state index in [1.54, 1.807) is 31.4 Å². The van der Waals surface area contributed by atoms with Crippen LogP contribution in [-0.2, 0) is 6.61 Å². The van der Waals surface area contributed by atoms with Gasteiger partial charge in [0, 0.05) is 0 Å². The van der Waals surface area contributed by atoms with Crippen LogP contribution in [0.3, 0.4) is 0 Å². The molecule has 0 radical (unpaired) electrons. The first-order chi connectivity index (χ1) is 13.7. The van der Waals surface area contributed by atoms with Crippen LogP contribution in [0.1, 0.15) is 21.5 Å². The summed E-state index contributed by atoms with van der Waals surface area (Å²) >= 11 is 0. The molecule has 0 saturated carbocycles. The lowest BCUT2D eigenvalue weighted by atomic mass is 10.2. The van der Waals surface area contributed by atoms with Crippen molar-refractivity contribution in [1.82, 2.24) is 5.43 Å². The Labute approximate surface area is 162 Å². The SMILES string of the molecule is COc1ccc(/C=N/NC(=O)c2ccccc2F)cc1OCc1ccccc1. The van der Waals surface area contributed by atoms with Gasteiger partial charge in [-0.25, -0.2) is 9.82 Å². The number of ether oxygens (including phenoxy) is 2. The molecule has 3 aromatic carbocycles. The average Bonchev–Trinajstić information content (AvgIpc) is 2.73. The zero-order valence-electron chi connectivity index (χ0n) is 15.3. The molecule has 0 aliphatic carbocycles. The largest absolute Gasteiger partial charge is 0.493 e. The minimum absolute atomic E-state index is 0.0683. The van der Waals surface area contributed by atoms with E-state index in [2.05, 4.69) is 10.5 Å². The highest BCUT2D eigenvalue weighted by Crippen LogP contribution is 2.28. The van der Waals surface area contributed by atoms with E-state index in [9.17, 15) is 9.18 Å². The van der Waals surface area contributed by atoms with E-state index in [1.807, 2.05) is 30.3 Å². The molecule has 0 saturated heterocycles. The summed E-state index contributed by atoms with van der Waals surface area (Å²) in [4.78, 5) is 12.0. The summed E-state index contributed by atoms with van der Waals surface area (Å²) < 4.78 is 24.8. The van der Waals surface area contributed by atoms with Gasteiger partial charge in [-0.3, -0.25) is 4.79 Å². The number of carbonyl (C=O) groups is 1. The fourth-order valence-electron chi connectivity index (χ4n) is 2.49. The molecular weight excluding hydrogens is 359 g/mol. The summed E-state index contributed by atoms with van der Waals surface area (Å²) in [5.74, 6) is -0.0844. The van der Waals surface area contributed by atoms with Crippen molar-refractivity contribution >= 4 is 12.1 Å². The highest BCUT2D eigenvalue weighted by Gasteiger charge is 2.09. The van der Waals surface area contributed by atoms with Crippen molar-refractivity contribution in [3.05, 3.63) is 95.3 Å². The second kappa shape index (κ2) is 9.32. The summed E-state index contributed by atoms with van der Waals surface area (Å²) in [6.45, 7) is 0.391. The quantitative estimate of drug-likeness (QED) is 0.496. The van der Waals surface area contributed by atoms with Gasteiger partial charge < -0.3 is 9.47 Å². The number of hydrazone groups is 1. The van der Waals surface area contributed by atoms with Crippen molar-refractivity contribution in [2.45, 2.75) is 6.61 Å². The van der Waals surface area contributed by atoms with E-state index >= 15 is 0 Å². The van der Waals surface area contributed by atoms with Crippen LogP contribution < -0.4 is 14.9 Å². The molecule has 0 spiro atoms. The van der Waals surface area contributed by atoms with E-state index in [0.717, 1.165) is 5.56 Å². The normalized spacial score (nSPS) is 10.6. The number of carbonyl (C=O) groups excluding carboxylic acids is 1. The van der Waals surface area contributed by atoms with Gasteiger partial charge >= 0.3 is 0 Å². The highest BCUT2D eigenvalue weighted by molar-refractivity contribution is 5.95. The Morgan fingerprint density at radius 2 is 1.79 bits per heavy atom. The van der Waals surface area contributed by atoms with Gasteiger partial charge in [0.25, 0.3) is 5.91 Å². The molecular formula is C22H19FN2O3. The fourth-order valence-corrected chi connectivity index (χ4v) is 2.49. The number of hydrogen-bond acceptors (Lipinski definition) is 4. The Hall–Kier alpha value is -3.67. The molecule has 1 amide bonds. The van der Waals surface area contributed by atoms with Crippen molar-refractivity contribution in [3.63, 3.8) is 0 Å². The number of nitrogens with one attached hydrogen (secondary N) is 1. The Bertz CT molecular complexity index is 975. The van der Waals surface area contributed by atoms with Gasteiger partial charge in [0.1, 0.15) is 12.4 Å². The van der Waals surface area contributed by atoms with Gasteiger partial charge in [-0.15, -0.1) is 0 Å². The molecule has 3 aromatic rings. The van der Waals surface area contributed by atoms with E-state index in [4.69, 9.17) is 9.47 Å². The number of hydrogen-bond donors (Lipinski definition) is 1. The third-order valence-corrected chi connectivity index (χ3v) is 3.92. The van der Waals surface area contributed by atoms with Crippen molar-refractivity contribution in [1.29, 1.82) is 0 Å². The molecule has 5 nitrogen and oxygen atoms in total. The Morgan fingerprint density at radius 1 is 1.04 bits per heavy atom. The molecule has 0 fully saturated rings. The van der Waals surface area contributed by atoms with Gasteiger partial charge in [-0.2, -0.15) is 5.10 Å². The van der Waals surface area contributed by atoms with Crippen LogP contribution in [0.2, 0.25) is 0 Å². The molecule has 0 atom stereocenters. The van der Waals surface area contributed by atoms with Crippen molar-refractivity contribution < 1.29 is 18.7 Å². The van der Waals surface area contributed by atoms with Gasteiger partial charge in [0.15, 0.2) is 11.5 Å². The first kappa shape index (κ1) is 19.1. The molecule has 3 rings (SSSR count). The Balaban J connectivity index is 1.67. The highest BCUT2D eigenvalue weighted by atomic mass is 19.1. The smallest absolute Gasteiger partial charge is 0.274 e. The molecule has 1 N–H and O–H groups in total. The topological polar surface area (TPSA) is 59.9 Å². The second-order valence-electron chi connectivity index (χ2n) is 5.86. The first-order valence-corrected chi connectivity index (χ1v) is 8.60. The standard InChI is InChI=1S/C22H19FN2O3/c1-27-20-12-11-17(13-21(20)28-15-16-7-3-2-4-8-16)14-24-25-22(26)18-9-5-6-10-19(18)23/h2-14H,15H2,1H3,(H,25,26)/b24-14+. The molecule has 0 bridgehead atoms. The number of benzene rings is 3. The van der Waals surface area contributed by atoms with Crippen molar-refractivity contribution in [2.24, 2.45) is 5.10 Å². The molecule has 0 aromatic heterocycles. The minimum Gasteiger partial charge on any atom is -0.493 e. The molecule has 0 aliphatic rings. The van der Waals surface area contributed by atoms with E-state index in [1.165, 1.54) is 24.4 Å². The van der Waals surface area contributed by atoms with Crippen LogP contribution in [0.4, 0.5) is 4.39 Å². The molecule has 0 aliphatic heterocycles. The Kier molecular flexibility index (Phi) is 6.36. The average molecular weight is 378 g/mol. The van der Waals surface area contributed by atoms with E-state index < -0.39 is 11.7 Å². The molecule has 6 heteroatoms. The summed E-state index contributed by atoms with van der Waals surface area (Å²) in [6, 6.07) is 20.7. The minimum atomic E-state index is -0.622. The van der Waals surface area contributed by atoms with Gasteiger partial charge in [-0.1, -0.05) is 42.5 Å². The lowest BCUT2D eigenvalue weighted by Crippen LogP contribution is -2.18. The summed E-state index contributed by atoms with van der Waals surface area (Å²) in [5.41, 5.74) is 3.97. The summed E-state index contributed by atoms with van der Waals surface area (Å²) in [6.07, 6.45) is 1.45. The number of nitrogens with zero attached hydrogens (tertiary/aromatic N) is 1. The second-order valence-corrected chi connectivity index (χ2v) is 5.86. The summed E-state index contributed by atoms with van der Waals surface area (Å²) in [7, 11) is 1.56. The third-order valence-electron chi connectivity index (χ3n) is 3.92. The summed E-state index contributed by atoms with van der Waals surface area (Å²) in [5, 5.41) is 3.89. The van der Waals surface area contributed by atoms with Crippen molar-refractivity contribution in [3.8, 4) is 11.5 Å². The number of methoxy groups -OCH3 is 1.